The van der Waals surface area contributed by atoms with Crippen molar-refractivity contribution >= 4 is 90.6 Å². The number of aromatic nitrogens is 1. The highest BCUT2D eigenvalue weighted by Gasteiger charge is 2.40. The van der Waals surface area contributed by atoms with E-state index in [0.717, 1.165) is 30.3 Å². The topological polar surface area (TPSA) is 311 Å². The van der Waals surface area contributed by atoms with E-state index in [9.17, 15) is 71.6 Å². The fourth-order valence-electron chi connectivity index (χ4n) is 7.59. The average Bonchev–Trinajstić information content (AvgIpc) is 3.45. The Bertz CT molecular complexity index is 3870. The molecule has 2 aliphatic carbocycles. The number of anilines is 2. The first-order valence-electron chi connectivity index (χ1n) is 17.8. The maximum atomic E-state index is 14.4. The first kappa shape index (κ1) is 42.2. The molecular formula is C40H26N2O16S4. The molecule has 316 valence electrons. The lowest BCUT2D eigenvalue weighted by Crippen LogP contribution is -2.33. The molecule has 0 radical (unpaired) electrons. The highest BCUT2D eigenvalue weighted by Crippen LogP contribution is 2.36. The van der Waals surface area contributed by atoms with Gasteiger partial charge in [-0.05, 0) is 54.3 Å². The molecule has 22 heteroatoms. The molecule has 5 N–H and O–H groups in total. The molecule has 5 aromatic rings. The summed E-state index contributed by atoms with van der Waals surface area (Å²) in [5, 5.41) is 12.7. The number of carbonyl (C=O) groups excluding carboxylic acids is 2. The van der Waals surface area contributed by atoms with Crippen LogP contribution in [0, 0.1) is 16.4 Å². The number of Topliss-reactive ketones (excluding diaryl/α,β-unsaturated/α-hetero) is 2. The first-order chi connectivity index (χ1) is 29.0. The first-order valence-corrected chi connectivity index (χ1v) is 23.7. The van der Waals surface area contributed by atoms with Crippen LogP contribution in [0.5, 0.6) is 0 Å². The Hall–Kier alpha value is -6.53. The standard InChI is InChI=1S/C40H26N2O16S4/c43-36(19-6-2-1-3-7-19)34-31-22-8-4-5-9-23(22)39(46)32-28(18-30(62(56,57)58)35(33(31)32)42-40(34)47)41-27-13-11-20(17-29(27)61(53,54)55)59(48,49)15-14-25-37(44)24-12-10-21(60(50,51)52)16-26(24)38(25)45/h1-13,16-18,25,41,43H,14-15H2,(H,50,51,52)(H,53,54,55)(H,56,57,58). The van der Waals surface area contributed by atoms with Crippen LogP contribution in [-0.4, -0.2) is 74.7 Å². The van der Waals surface area contributed by atoms with Crippen molar-refractivity contribution in [2.24, 2.45) is 5.92 Å². The molecule has 0 saturated heterocycles. The second kappa shape index (κ2) is 14.5. The number of nitrogens with zero attached hydrogens (tertiary/aromatic N) is 1. The van der Waals surface area contributed by atoms with Gasteiger partial charge < -0.3 is 10.4 Å². The lowest BCUT2D eigenvalue weighted by Gasteiger charge is -2.17. The monoisotopic (exact) mass is 918 g/mol. The Kier molecular flexibility index (Phi) is 9.89. The number of hydrogen-bond donors (Lipinski definition) is 5. The van der Waals surface area contributed by atoms with Crippen molar-refractivity contribution in [1.82, 2.24) is 4.98 Å². The number of fused-ring (bicyclic) bond motifs is 3. The van der Waals surface area contributed by atoms with Gasteiger partial charge in [0.25, 0.3) is 35.9 Å². The highest BCUT2D eigenvalue weighted by molar-refractivity contribution is 7.91. The molecule has 5 aromatic carbocycles. The fourth-order valence-corrected chi connectivity index (χ4v) is 10.9. The van der Waals surface area contributed by atoms with E-state index < -0.39 is 134 Å². The van der Waals surface area contributed by atoms with Gasteiger partial charge in [0.2, 0.25) is 0 Å². The van der Waals surface area contributed by atoms with E-state index >= 15 is 0 Å². The SMILES string of the molecule is O=C1c2ccc(S(=O)(=O)O)cc2C(=O)C1CCS(=O)(=O)c1ccc(Nc2cc(S(=O)(=O)O)c3nc(=O)c(=C(O)c4ccccc4)c4c5ccccc5c(=O)c2c3=4)c(S(=O)(=O)O)c1. The van der Waals surface area contributed by atoms with Gasteiger partial charge in [-0.15, -0.1) is 0 Å². The third-order valence-electron chi connectivity index (χ3n) is 10.4. The van der Waals surface area contributed by atoms with Crippen molar-refractivity contribution in [2.45, 2.75) is 26.0 Å². The largest absolute Gasteiger partial charge is 0.506 e. The van der Waals surface area contributed by atoms with Crippen LogP contribution in [0.15, 0.2) is 126 Å². The quantitative estimate of drug-likeness (QED) is 0.0972. The second-order valence-corrected chi connectivity index (χ2v) is 20.4. The van der Waals surface area contributed by atoms with Crippen LogP contribution in [0.1, 0.15) is 32.7 Å². The molecule has 8 rings (SSSR count). The van der Waals surface area contributed by atoms with Crippen molar-refractivity contribution in [3.63, 3.8) is 0 Å². The molecule has 0 bridgehead atoms. The zero-order valence-electron chi connectivity index (χ0n) is 31.0. The maximum absolute atomic E-state index is 14.4. The van der Waals surface area contributed by atoms with Crippen LogP contribution in [0.2, 0.25) is 0 Å². The van der Waals surface area contributed by atoms with Crippen molar-refractivity contribution in [3.8, 4) is 0 Å². The molecule has 0 amide bonds. The molecule has 1 aliphatic heterocycles. The van der Waals surface area contributed by atoms with Crippen molar-refractivity contribution < 1.29 is 62.0 Å². The third kappa shape index (κ3) is 7.05. The van der Waals surface area contributed by atoms with Crippen molar-refractivity contribution in [3.05, 3.63) is 150 Å². The summed E-state index contributed by atoms with van der Waals surface area (Å²) in [6, 6.07) is 19.0. The molecule has 3 aliphatic rings. The number of rotatable bonds is 10. The van der Waals surface area contributed by atoms with Gasteiger partial charge in [0, 0.05) is 32.5 Å². The number of sulfone groups is 1. The van der Waals surface area contributed by atoms with E-state index in [4.69, 9.17) is 0 Å². The molecule has 62 heavy (non-hydrogen) atoms. The molecule has 0 aromatic heterocycles. The van der Waals surface area contributed by atoms with Crippen LogP contribution in [0.3, 0.4) is 0 Å². The molecule has 1 heterocycles. The number of ketones is 2. The van der Waals surface area contributed by atoms with Gasteiger partial charge in [-0.3, -0.25) is 32.8 Å². The van der Waals surface area contributed by atoms with Gasteiger partial charge in [0.1, 0.15) is 15.6 Å². The van der Waals surface area contributed by atoms with E-state index in [1.54, 1.807) is 18.2 Å². The Labute approximate surface area is 349 Å². The van der Waals surface area contributed by atoms with Gasteiger partial charge in [0.05, 0.1) is 49.0 Å². The van der Waals surface area contributed by atoms with Crippen molar-refractivity contribution in [2.75, 3.05) is 11.1 Å². The second-order valence-electron chi connectivity index (χ2n) is 14.1. The molecule has 0 saturated carbocycles. The Morgan fingerprint density at radius 3 is 1.87 bits per heavy atom. The summed E-state index contributed by atoms with van der Waals surface area (Å²) in [5.74, 6) is -4.89. The molecule has 0 spiro atoms. The van der Waals surface area contributed by atoms with Crippen LogP contribution in [0.4, 0.5) is 11.4 Å². The van der Waals surface area contributed by atoms with E-state index in [1.165, 1.54) is 36.4 Å². The molecule has 1 atom stereocenters. The Morgan fingerprint density at radius 2 is 1.23 bits per heavy atom. The Balaban J connectivity index is 1.29. The smallest absolute Gasteiger partial charge is 0.296 e. The van der Waals surface area contributed by atoms with E-state index in [1.807, 2.05) is 0 Å². The minimum atomic E-state index is -5.40. The van der Waals surface area contributed by atoms with E-state index in [2.05, 4.69) is 10.3 Å². The number of carbonyl (C=O) groups is 2. The maximum Gasteiger partial charge on any atom is 0.296 e. The van der Waals surface area contributed by atoms with Crippen LogP contribution in [0.25, 0.3) is 27.4 Å². The average molecular weight is 919 g/mol. The molecule has 18 nitrogen and oxygen atoms in total. The summed E-state index contributed by atoms with van der Waals surface area (Å²) in [5.41, 5.74) is -4.25. The van der Waals surface area contributed by atoms with Gasteiger partial charge in [-0.2, -0.15) is 25.3 Å². The molecule has 1 unspecified atom stereocenters. The third-order valence-corrected chi connectivity index (χ3v) is 14.8. The van der Waals surface area contributed by atoms with Crippen LogP contribution in [-0.2, 0) is 40.2 Å². The zero-order valence-corrected chi connectivity index (χ0v) is 34.3. The fraction of sp³-hybridized carbons (Fsp3) is 0.0750. The van der Waals surface area contributed by atoms with Crippen molar-refractivity contribution in [1.29, 1.82) is 0 Å². The Morgan fingerprint density at radius 1 is 0.613 bits per heavy atom. The molecular weight excluding hydrogens is 893 g/mol. The van der Waals surface area contributed by atoms with E-state index in [-0.39, 0.29) is 37.9 Å². The summed E-state index contributed by atoms with van der Waals surface area (Å²) in [7, 11) is -20.1. The number of benzene rings is 5. The van der Waals surface area contributed by atoms with Gasteiger partial charge in [-0.25, -0.2) is 13.4 Å². The summed E-state index contributed by atoms with van der Waals surface area (Å²) in [6.07, 6.45) is -0.653. The summed E-state index contributed by atoms with van der Waals surface area (Å²) < 4.78 is 132. The minimum Gasteiger partial charge on any atom is -0.506 e. The minimum absolute atomic E-state index is 0.0608. The lowest BCUT2D eigenvalue weighted by molar-refractivity contribution is 0.0836. The predicted molar refractivity (Wildman–Crippen MR) is 220 cm³/mol. The number of aliphatic hydroxyl groups is 1. The van der Waals surface area contributed by atoms with Crippen LogP contribution < -0.4 is 21.5 Å². The normalized spacial score (nSPS) is 15.4. The lowest BCUT2D eigenvalue weighted by atomic mass is 9.96. The highest BCUT2D eigenvalue weighted by atomic mass is 32.2. The van der Waals surface area contributed by atoms with Gasteiger partial charge in [0.15, 0.2) is 26.8 Å². The number of nitrogens with one attached hydrogen (secondary N) is 1. The zero-order chi connectivity index (χ0) is 44.8. The predicted octanol–water partition coefficient (Wildman–Crippen LogP) is 3.05. The summed E-state index contributed by atoms with van der Waals surface area (Å²) in [6.45, 7) is 0. The van der Waals surface area contributed by atoms with E-state index in [0.29, 0.717) is 12.1 Å². The summed E-state index contributed by atoms with van der Waals surface area (Å²) in [4.78, 5) is 54.6. The van der Waals surface area contributed by atoms with Gasteiger partial charge >= 0.3 is 0 Å². The number of aliphatic hydroxyl groups excluding tert-OH is 1. The summed E-state index contributed by atoms with van der Waals surface area (Å²) >= 11 is 0. The van der Waals surface area contributed by atoms with Crippen LogP contribution >= 0.6 is 0 Å². The van der Waals surface area contributed by atoms with Gasteiger partial charge in [-0.1, -0.05) is 54.6 Å². The molecule has 0 fully saturated rings. The number of hydrogen-bond acceptors (Lipinski definition) is 15.